The third-order valence-corrected chi connectivity index (χ3v) is 3.63. The normalized spacial score (nSPS) is 18.7. The minimum absolute atomic E-state index is 0.460. The van der Waals surface area contributed by atoms with Crippen molar-refractivity contribution >= 4 is 11.7 Å². The van der Waals surface area contributed by atoms with Gasteiger partial charge in [-0.05, 0) is 24.5 Å². The highest BCUT2D eigenvalue weighted by Gasteiger charge is 2.37. The van der Waals surface area contributed by atoms with Crippen LogP contribution in [0.2, 0.25) is 0 Å². The summed E-state index contributed by atoms with van der Waals surface area (Å²) in [6, 6.07) is 7.94. The number of carboxylic acids is 1. The highest BCUT2D eigenvalue weighted by atomic mass is 16.4. The number of carboxylic acid groups (broad SMARTS) is 1. The van der Waals surface area contributed by atoms with Gasteiger partial charge in [0.25, 0.3) is 0 Å². The summed E-state index contributed by atoms with van der Waals surface area (Å²) in [6.45, 7) is 1.79. The van der Waals surface area contributed by atoms with Gasteiger partial charge >= 0.3 is 5.97 Å². The van der Waals surface area contributed by atoms with Gasteiger partial charge in [0.2, 0.25) is 0 Å². The summed E-state index contributed by atoms with van der Waals surface area (Å²) in [7, 11) is 0. The Hall–Kier alpha value is -1.59. The molecule has 1 aliphatic heterocycles. The zero-order chi connectivity index (χ0) is 13.2. The van der Waals surface area contributed by atoms with Crippen molar-refractivity contribution in [3.63, 3.8) is 0 Å². The van der Waals surface area contributed by atoms with Gasteiger partial charge in [-0.2, -0.15) is 0 Å². The molecular formula is C13H19N3O2. The Bertz CT molecular complexity index is 440. The molecule has 1 aromatic rings. The van der Waals surface area contributed by atoms with Crippen molar-refractivity contribution in [2.24, 2.45) is 11.5 Å². The van der Waals surface area contributed by atoms with E-state index in [4.69, 9.17) is 16.6 Å². The van der Waals surface area contributed by atoms with Crippen LogP contribution in [0.4, 0.5) is 5.69 Å². The molecule has 98 valence electrons. The van der Waals surface area contributed by atoms with Crippen LogP contribution in [0.25, 0.3) is 0 Å². The average molecular weight is 249 g/mol. The minimum atomic E-state index is -1.08. The summed E-state index contributed by atoms with van der Waals surface area (Å²) >= 11 is 0. The summed E-state index contributed by atoms with van der Waals surface area (Å²) in [6.07, 6.45) is 0.919. The maximum absolute atomic E-state index is 11.1. The topological polar surface area (TPSA) is 92.6 Å². The molecule has 18 heavy (non-hydrogen) atoms. The molecule has 5 heteroatoms. The first-order chi connectivity index (χ1) is 8.57. The molecule has 0 bridgehead atoms. The summed E-state index contributed by atoms with van der Waals surface area (Å²) in [5.41, 5.74) is 12.7. The van der Waals surface area contributed by atoms with E-state index in [1.165, 1.54) is 0 Å². The molecular weight excluding hydrogens is 230 g/mol. The predicted octanol–water partition coefficient (Wildman–Crippen LogP) is 0.528. The van der Waals surface area contributed by atoms with Crippen LogP contribution in [0.15, 0.2) is 24.3 Å². The third-order valence-electron chi connectivity index (χ3n) is 3.63. The van der Waals surface area contributed by atoms with Crippen LogP contribution in [0.1, 0.15) is 18.4 Å². The summed E-state index contributed by atoms with van der Waals surface area (Å²) < 4.78 is 0. The summed E-state index contributed by atoms with van der Waals surface area (Å²) in [4.78, 5) is 13.2. The largest absolute Gasteiger partial charge is 0.480 e. The van der Waals surface area contributed by atoms with Crippen LogP contribution in [0, 0.1) is 0 Å². The van der Waals surface area contributed by atoms with Crippen molar-refractivity contribution in [2.45, 2.75) is 24.9 Å². The maximum atomic E-state index is 11.1. The first-order valence-electron chi connectivity index (χ1n) is 6.12. The second-order valence-electron chi connectivity index (χ2n) is 4.78. The fraction of sp³-hybridized carbons (Fsp3) is 0.462. The average Bonchev–Trinajstić information content (AvgIpc) is 2.39. The number of hydrogen-bond acceptors (Lipinski definition) is 4. The zero-order valence-electron chi connectivity index (χ0n) is 10.3. The fourth-order valence-electron chi connectivity index (χ4n) is 2.35. The number of rotatable bonds is 3. The molecule has 0 aliphatic carbocycles. The SMILES string of the molecule is NCc1ccccc1N1CCC(N)(C(=O)O)CC1. The highest BCUT2D eigenvalue weighted by molar-refractivity contribution is 5.79. The zero-order valence-corrected chi connectivity index (χ0v) is 10.3. The molecule has 1 saturated heterocycles. The molecule has 0 atom stereocenters. The molecule has 5 nitrogen and oxygen atoms in total. The van der Waals surface area contributed by atoms with Gasteiger partial charge in [-0.25, -0.2) is 0 Å². The number of hydrogen-bond donors (Lipinski definition) is 3. The number of piperidine rings is 1. The quantitative estimate of drug-likeness (QED) is 0.726. The van der Waals surface area contributed by atoms with Gasteiger partial charge < -0.3 is 21.5 Å². The maximum Gasteiger partial charge on any atom is 0.323 e. The lowest BCUT2D eigenvalue weighted by Crippen LogP contribution is -2.55. The second kappa shape index (κ2) is 4.96. The number of nitrogens with zero attached hydrogens (tertiary/aromatic N) is 1. The Morgan fingerprint density at radius 1 is 1.33 bits per heavy atom. The lowest BCUT2D eigenvalue weighted by molar-refractivity contribution is -0.144. The smallest absolute Gasteiger partial charge is 0.323 e. The number of aliphatic carboxylic acids is 1. The van der Waals surface area contributed by atoms with Crippen molar-refractivity contribution in [2.75, 3.05) is 18.0 Å². The fourth-order valence-corrected chi connectivity index (χ4v) is 2.35. The van der Waals surface area contributed by atoms with E-state index in [2.05, 4.69) is 4.90 Å². The highest BCUT2D eigenvalue weighted by Crippen LogP contribution is 2.27. The van der Waals surface area contributed by atoms with Crippen LogP contribution in [-0.2, 0) is 11.3 Å². The molecule has 0 unspecified atom stereocenters. The standard InChI is InChI=1S/C13H19N3O2/c14-9-10-3-1-2-4-11(10)16-7-5-13(15,6-8-16)12(17)18/h1-4H,5-9,14-15H2,(H,17,18). The Kier molecular flexibility index (Phi) is 3.54. The molecule has 1 aromatic carbocycles. The molecule has 1 aliphatic rings. The molecule has 0 amide bonds. The Balaban J connectivity index is 2.12. The van der Waals surface area contributed by atoms with Crippen LogP contribution in [0.5, 0.6) is 0 Å². The number of para-hydroxylation sites is 1. The van der Waals surface area contributed by atoms with Crippen molar-refractivity contribution in [1.29, 1.82) is 0 Å². The Morgan fingerprint density at radius 3 is 2.50 bits per heavy atom. The van der Waals surface area contributed by atoms with Crippen molar-refractivity contribution in [3.8, 4) is 0 Å². The van der Waals surface area contributed by atoms with E-state index in [1.54, 1.807) is 0 Å². The molecule has 1 heterocycles. The molecule has 2 rings (SSSR count). The van der Waals surface area contributed by atoms with Gasteiger partial charge in [0.05, 0.1) is 0 Å². The van der Waals surface area contributed by atoms with E-state index in [0.29, 0.717) is 32.5 Å². The van der Waals surface area contributed by atoms with E-state index < -0.39 is 11.5 Å². The summed E-state index contributed by atoms with van der Waals surface area (Å²) in [5, 5.41) is 9.09. The van der Waals surface area contributed by atoms with E-state index in [1.807, 2.05) is 24.3 Å². The second-order valence-corrected chi connectivity index (χ2v) is 4.78. The van der Waals surface area contributed by atoms with Gasteiger partial charge in [-0.3, -0.25) is 4.79 Å². The molecule has 1 fully saturated rings. The Labute approximate surface area is 106 Å². The minimum Gasteiger partial charge on any atom is -0.480 e. The molecule has 0 radical (unpaired) electrons. The summed E-state index contributed by atoms with van der Waals surface area (Å²) in [5.74, 6) is -0.908. The van der Waals surface area contributed by atoms with Gasteiger partial charge in [-0.1, -0.05) is 18.2 Å². The Morgan fingerprint density at radius 2 is 1.94 bits per heavy atom. The van der Waals surface area contributed by atoms with E-state index in [0.717, 1.165) is 11.3 Å². The van der Waals surface area contributed by atoms with Crippen molar-refractivity contribution < 1.29 is 9.90 Å². The molecule has 5 N–H and O–H groups in total. The molecule has 0 saturated carbocycles. The predicted molar refractivity (Wildman–Crippen MR) is 70.3 cm³/mol. The van der Waals surface area contributed by atoms with E-state index in [-0.39, 0.29) is 0 Å². The lowest BCUT2D eigenvalue weighted by atomic mass is 9.88. The monoisotopic (exact) mass is 249 g/mol. The first kappa shape index (κ1) is 12.9. The van der Waals surface area contributed by atoms with Gasteiger partial charge in [-0.15, -0.1) is 0 Å². The van der Waals surface area contributed by atoms with Gasteiger partial charge in [0.1, 0.15) is 5.54 Å². The van der Waals surface area contributed by atoms with Gasteiger partial charge in [0.15, 0.2) is 0 Å². The van der Waals surface area contributed by atoms with Gasteiger partial charge in [0, 0.05) is 25.3 Å². The first-order valence-corrected chi connectivity index (χ1v) is 6.12. The van der Waals surface area contributed by atoms with E-state index >= 15 is 0 Å². The number of nitrogens with two attached hydrogens (primary N) is 2. The number of anilines is 1. The van der Waals surface area contributed by atoms with Crippen LogP contribution in [0.3, 0.4) is 0 Å². The molecule has 0 spiro atoms. The van der Waals surface area contributed by atoms with Crippen molar-refractivity contribution in [3.05, 3.63) is 29.8 Å². The van der Waals surface area contributed by atoms with Crippen LogP contribution >= 0.6 is 0 Å². The van der Waals surface area contributed by atoms with Crippen LogP contribution < -0.4 is 16.4 Å². The van der Waals surface area contributed by atoms with Crippen molar-refractivity contribution in [1.82, 2.24) is 0 Å². The third kappa shape index (κ3) is 2.32. The molecule has 0 aromatic heterocycles. The van der Waals surface area contributed by atoms with Crippen LogP contribution in [-0.4, -0.2) is 29.7 Å². The lowest BCUT2D eigenvalue weighted by Gasteiger charge is -2.38. The number of benzene rings is 1. The number of carbonyl (C=O) groups is 1. The van der Waals surface area contributed by atoms with E-state index in [9.17, 15) is 4.79 Å².